The van der Waals surface area contributed by atoms with Crippen LogP contribution in [0.3, 0.4) is 0 Å². The minimum atomic E-state index is -4.58. The molecule has 1 amide bonds. The van der Waals surface area contributed by atoms with Crippen LogP contribution in [0.4, 0.5) is 13.2 Å². The summed E-state index contributed by atoms with van der Waals surface area (Å²) in [7, 11) is 0. The number of carbonyl (C=O) groups excluding carboxylic acids is 2. The fourth-order valence-electron chi connectivity index (χ4n) is 1.66. The van der Waals surface area contributed by atoms with E-state index in [2.05, 4.69) is 22.7 Å². The summed E-state index contributed by atoms with van der Waals surface area (Å²) in [5.74, 6) is -1.83. The van der Waals surface area contributed by atoms with E-state index in [9.17, 15) is 22.8 Å². The third kappa shape index (κ3) is 7.35. The second-order valence-electron chi connectivity index (χ2n) is 4.56. The van der Waals surface area contributed by atoms with E-state index in [1.165, 1.54) is 0 Å². The van der Waals surface area contributed by atoms with Crippen LogP contribution >= 0.6 is 12.6 Å². The summed E-state index contributed by atoms with van der Waals surface area (Å²) < 4.78 is 39.6. The first-order valence-corrected chi connectivity index (χ1v) is 7.10. The summed E-state index contributed by atoms with van der Waals surface area (Å²) in [5.41, 5.74) is 0.927. The van der Waals surface area contributed by atoms with Crippen LogP contribution in [0.1, 0.15) is 5.56 Å². The van der Waals surface area contributed by atoms with Gasteiger partial charge < -0.3 is 10.1 Å². The molecule has 0 aromatic heterocycles. The maximum atomic E-state index is 11.9. The molecule has 0 radical (unpaired) electrons. The van der Waals surface area contributed by atoms with Gasteiger partial charge in [0.05, 0.1) is 5.92 Å². The Bertz CT molecular complexity index is 494. The molecule has 1 rings (SSSR count). The first-order valence-electron chi connectivity index (χ1n) is 6.46. The number of thiol groups is 1. The smallest absolute Gasteiger partial charge is 0.422 e. The molecule has 122 valence electrons. The summed E-state index contributed by atoms with van der Waals surface area (Å²) in [5, 5.41) is 2.26. The van der Waals surface area contributed by atoms with Crippen LogP contribution in [-0.4, -0.2) is 37.0 Å². The van der Waals surface area contributed by atoms with Crippen molar-refractivity contribution in [2.24, 2.45) is 5.92 Å². The van der Waals surface area contributed by atoms with Gasteiger partial charge in [0.25, 0.3) is 0 Å². The number of hydrogen-bond acceptors (Lipinski definition) is 4. The van der Waals surface area contributed by atoms with Gasteiger partial charge in [0.1, 0.15) is 6.54 Å². The molecule has 1 N–H and O–H groups in total. The van der Waals surface area contributed by atoms with Gasteiger partial charge in [0, 0.05) is 5.75 Å². The van der Waals surface area contributed by atoms with Gasteiger partial charge in [-0.1, -0.05) is 30.3 Å². The van der Waals surface area contributed by atoms with Gasteiger partial charge in [-0.05, 0) is 12.0 Å². The molecule has 0 heterocycles. The van der Waals surface area contributed by atoms with E-state index in [0.29, 0.717) is 6.42 Å². The number of rotatable bonds is 7. The van der Waals surface area contributed by atoms with Crippen LogP contribution in [0.15, 0.2) is 30.3 Å². The summed E-state index contributed by atoms with van der Waals surface area (Å²) in [6.45, 7) is -2.27. The topological polar surface area (TPSA) is 55.4 Å². The first-order chi connectivity index (χ1) is 10.3. The predicted molar refractivity (Wildman–Crippen MR) is 77.5 cm³/mol. The van der Waals surface area contributed by atoms with Crippen molar-refractivity contribution in [1.29, 1.82) is 0 Å². The van der Waals surface area contributed by atoms with E-state index in [-0.39, 0.29) is 5.75 Å². The lowest BCUT2D eigenvalue weighted by Gasteiger charge is -2.14. The van der Waals surface area contributed by atoms with Crippen molar-refractivity contribution in [1.82, 2.24) is 5.32 Å². The Morgan fingerprint density at radius 1 is 1.23 bits per heavy atom. The quantitative estimate of drug-likeness (QED) is 0.592. The number of ether oxygens (including phenoxy) is 1. The van der Waals surface area contributed by atoms with Crippen molar-refractivity contribution in [3.8, 4) is 0 Å². The average Bonchev–Trinajstić information content (AvgIpc) is 2.48. The molecule has 0 saturated carbocycles. The highest BCUT2D eigenvalue weighted by Gasteiger charge is 2.29. The van der Waals surface area contributed by atoms with Crippen molar-refractivity contribution >= 4 is 24.5 Å². The number of benzene rings is 1. The number of alkyl halides is 3. The molecule has 22 heavy (non-hydrogen) atoms. The van der Waals surface area contributed by atoms with E-state index < -0.39 is 37.1 Å². The maximum Gasteiger partial charge on any atom is 0.422 e. The monoisotopic (exact) mass is 335 g/mol. The van der Waals surface area contributed by atoms with Crippen molar-refractivity contribution in [3.63, 3.8) is 0 Å². The maximum absolute atomic E-state index is 11.9. The molecule has 4 nitrogen and oxygen atoms in total. The standard InChI is InChI=1S/C14H16F3NO3S/c15-14(16,17)9-21-12(19)7-18-13(20)11(8-22)6-10-4-2-1-3-5-10/h1-5,11,22H,6-9H2,(H,18,20). The number of hydrogen-bond donors (Lipinski definition) is 2. The highest BCUT2D eigenvalue weighted by Crippen LogP contribution is 2.14. The van der Waals surface area contributed by atoms with Crippen molar-refractivity contribution in [3.05, 3.63) is 35.9 Å². The average molecular weight is 335 g/mol. The molecule has 0 fully saturated rings. The van der Waals surface area contributed by atoms with Gasteiger partial charge in [-0.2, -0.15) is 25.8 Å². The number of carbonyl (C=O) groups is 2. The Balaban J connectivity index is 2.40. The Kier molecular flexibility index (Phi) is 7.23. The Morgan fingerprint density at radius 3 is 2.41 bits per heavy atom. The van der Waals surface area contributed by atoms with E-state index in [1.54, 1.807) is 0 Å². The van der Waals surface area contributed by atoms with Crippen LogP contribution in [0.25, 0.3) is 0 Å². The second-order valence-corrected chi connectivity index (χ2v) is 4.93. The molecular formula is C14H16F3NO3S. The van der Waals surface area contributed by atoms with E-state index in [4.69, 9.17) is 0 Å². The zero-order valence-corrected chi connectivity index (χ0v) is 12.5. The largest absolute Gasteiger partial charge is 0.455 e. The van der Waals surface area contributed by atoms with Gasteiger partial charge in [-0.3, -0.25) is 9.59 Å². The van der Waals surface area contributed by atoms with Gasteiger partial charge in [-0.25, -0.2) is 0 Å². The summed E-state index contributed by atoms with van der Waals surface area (Å²) in [6.07, 6.45) is -4.16. The molecule has 1 atom stereocenters. The molecule has 1 unspecified atom stereocenters. The Hall–Kier alpha value is -1.70. The van der Waals surface area contributed by atoms with Gasteiger partial charge >= 0.3 is 12.1 Å². The highest BCUT2D eigenvalue weighted by atomic mass is 32.1. The molecule has 0 spiro atoms. The fourth-order valence-corrected chi connectivity index (χ4v) is 1.95. The van der Waals surface area contributed by atoms with E-state index in [0.717, 1.165) is 5.56 Å². The van der Waals surface area contributed by atoms with Crippen LogP contribution in [0.2, 0.25) is 0 Å². The third-order valence-electron chi connectivity index (χ3n) is 2.72. The molecule has 0 aliphatic heterocycles. The van der Waals surface area contributed by atoms with Crippen LogP contribution < -0.4 is 5.32 Å². The van der Waals surface area contributed by atoms with Crippen molar-refractivity contribution < 1.29 is 27.5 Å². The SMILES string of the molecule is O=C(CNC(=O)C(CS)Cc1ccccc1)OCC(F)(F)F. The molecule has 0 bridgehead atoms. The van der Waals surface area contributed by atoms with Gasteiger partial charge in [-0.15, -0.1) is 0 Å². The zero-order valence-electron chi connectivity index (χ0n) is 11.6. The van der Waals surface area contributed by atoms with E-state index >= 15 is 0 Å². The zero-order chi connectivity index (χ0) is 16.6. The Labute approximate surface area is 131 Å². The lowest BCUT2D eigenvalue weighted by molar-refractivity contribution is -0.185. The third-order valence-corrected chi connectivity index (χ3v) is 3.16. The minimum absolute atomic E-state index is 0.248. The number of esters is 1. The number of amides is 1. The molecule has 0 saturated heterocycles. The summed E-state index contributed by atoms with van der Waals surface area (Å²) >= 11 is 4.08. The molecule has 0 aliphatic carbocycles. The normalized spacial score (nSPS) is 12.5. The molecule has 1 aromatic carbocycles. The highest BCUT2D eigenvalue weighted by molar-refractivity contribution is 7.80. The summed E-state index contributed by atoms with van der Waals surface area (Å²) in [6, 6.07) is 9.20. The number of nitrogens with one attached hydrogen (secondary N) is 1. The molecule has 1 aromatic rings. The predicted octanol–water partition coefficient (Wildman–Crippen LogP) is 2.00. The van der Waals surface area contributed by atoms with Crippen molar-refractivity contribution in [2.75, 3.05) is 18.9 Å². The first kappa shape index (κ1) is 18.3. The minimum Gasteiger partial charge on any atom is -0.455 e. The lowest BCUT2D eigenvalue weighted by Crippen LogP contribution is -2.37. The molecule has 8 heteroatoms. The second kappa shape index (κ2) is 8.67. The lowest BCUT2D eigenvalue weighted by atomic mass is 10.0. The fraction of sp³-hybridized carbons (Fsp3) is 0.429. The summed E-state index contributed by atoms with van der Waals surface area (Å²) in [4.78, 5) is 23.0. The molecule has 0 aliphatic rings. The van der Waals surface area contributed by atoms with Gasteiger partial charge in [0.2, 0.25) is 5.91 Å². The van der Waals surface area contributed by atoms with E-state index in [1.807, 2.05) is 30.3 Å². The van der Waals surface area contributed by atoms with Crippen LogP contribution in [-0.2, 0) is 20.7 Å². The number of halogens is 3. The van der Waals surface area contributed by atoms with Crippen molar-refractivity contribution in [2.45, 2.75) is 12.6 Å². The Morgan fingerprint density at radius 2 is 1.86 bits per heavy atom. The van der Waals surface area contributed by atoms with Crippen LogP contribution in [0.5, 0.6) is 0 Å². The van der Waals surface area contributed by atoms with Gasteiger partial charge in [0.15, 0.2) is 6.61 Å². The molecular weight excluding hydrogens is 319 g/mol. The van der Waals surface area contributed by atoms with Crippen LogP contribution in [0, 0.1) is 5.92 Å².